The van der Waals surface area contributed by atoms with Gasteiger partial charge in [0.05, 0.1) is 37.1 Å². The number of aliphatic hydroxyl groups excluding tert-OH is 6. The van der Waals surface area contributed by atoms with E-state index in [-0.39, 0.29) is 18.9 Å². The lowest BCUT2D eigenvalue weighted by atomic mass is 9.61. The average Bonchev–Trinajstić information content (AvgIpc) is 2.82. The number of fused-ring (bicyclic) bond motifs is 2. The molecule has 3 aliphatic rings. The molecular weight excluding hydrogens is 372 g/mol. The third-order valence-electron chi connectivity index (χ3n) is 6.41. The van der Waals surface area contributed by atoms with Gasteiger partial charge in [-0.05, 0) is 13.8 Å². The minimum absolute atomic E-state index is 0.173. The lowest BCUT2D eigenvalue weighted by Crippen LogP contribution is -2.63. The largest absolute Gasteiger partial charge is 0.394 e. The number of hydrogen-bond acceptors (Lipinski definition) is 9. The second kappa shape index (κ2) is 7.90. The van der Waals surface area contributed by atoms with Crippen molar-refractivity contribution in [3.8, 4) is 0 Å². The van der Waals surface area contributed by atoms with Crippen LogP contribution in [0.25, 0.3) is 0 Å². The molecule has 6 N–H and O–H groups in total. The van der Waals surface area contributed by atoms with Gasteiger partial charge in [-0.15, -0.1) is 0 Å². The van der Waals surface area contributed by atoms with Crippen LogP contribution < -0.4 is 0 Å². The topological polar surface area (TPSA) is 149 Å². The predicted octanol–water partition coefficient (Wildman–Crippen LogP) is -1.72. The second-order valence-corrected chi connectivity index (χ2v) is 8.74. The summed E-state index contributed by atoms with van der Waals surface area (Å²) in [5.41, 5.74) is -1.31. The van der Waals surface area contributed by atoms with E-state index in [1.54, 1.807) is 13.0 Å². The van der Waals surface area contributed by atoms with Crippen molar-refractivity contribution in [2.24, 2.45) is 11.3 Å². The first-order valence-electron chi connectivity index (χ1n) is 9.68. The van der Waals surface area contributed by atoms with Crippen LogP contribution in [0.5, 0.6) is 0 Å². The zero-order valence-corrected chi connectivity index (χ0v) is 16.4. The summed E-state index contributed by atoms with van der Waals surface area (Å²) >= 11 is 0. The minimum atomic E-state index is -1.56. The molecule has 0 spiro atoms. The average molecular weight is 404 g/mol. The van der Waals surface area contributed by atoms with Gasteiger partial charge in [0.1, 0.15) is 24.4 Å². The lowest BCUT2D eigenvalue weighted by Gasteiger charge is -2.50. The van der Waals surface area contributed by atoms with E-state index in [1.165, 1.54) is 0 Å². The summed E-state index contributed by atoms with van der Waals surface area (Å²) < 4.78 is 17.4. The Kier molecular flexibility index (Phi) is 6.23. The molecule has 9 heteroatoms. The van der Waals surface area contributed by atoms with Crippen LogP contribution in [-0.4, -0.2) is 98.5 Å². The molecule has 11 unspecified atom stereocenters. The third-order valence-corrected chi connectivity index (χ3v) is 6.41. The second-order valence-electron chi connectivity index (χ2n) is 8.74. The van der Waals surface area contributed by atoms with Crippen molar-refractivity contribution in [2.75, 3.05) is 13.2 Å². The van der Waals surface area contributed by atoms with Crippen LogP contribution in [0.2, 0.25) is 0 Å². The lowest BCUT2D eigenvalue weighted by molar-refractivity contribution is -0.330. The van der Waals surface area contributed by atoms with Gasteiger partial charge in [0.25, 0.3) is 0 Å². The molecular formula is C19H32O9. The molecule has 3 rings (SSSR count). The standard InChI is InChI=1S/C19H32O9/c1-9(21)4-5-12-18(2)8-26-19(12,3)6-10(22)16(18)28-17-15(25)14(24)13(23)11(7-20)27-17/h4-5,9-17,20-25H,6-8H2,1-3H3. The fourth-order valence-electron chi connectivity index (χ4n) is 4.87. The number of rotatable bonds is 5. The molecule has 2 heterocycles. The highest BCUT2D eigenvalue weighted by atomic mass is 16.7. The van der Waals surface area contributed by atoms with Crippen molar-refractivity contribution in [3.63, 3.8) is 0 Å². The molecule has 3 fully saturated rings. The molecule has 162 valence electrons. The summed E-state index contributed by atoms with van der Waals surface area (Å²) in [4.78, 5) is 0. The molecule has 1 saturated carbocycles. The van der Waals surface area contributed by atoms with Crippen molar-refractivity contribution in [1.82, 2.24) is 0 Å². The van der Waals surface area contributed by atoms with Crippen LogP contribution in [0.3, 0.4) is 0 Å². The fourth-order valence-corrected chi connectivity index (χ4v) is 4.87. The fraction of sp³-hybridized carbons (Fsp3) is 0.895. The van der Waals surface area contributed by atoms with E-state index in [9.17, 15) is 30.6 Å². The van der Waals surface area contributed by atoms with Gasteiger partial charge in [0.15, 0.2) is 6.29 Å². The Morgan fingerprint density at radius 1 is 1.14 bits per heavy atom. The van der Waals surface area contributed by atoms with Gasteiger partial charge in [-0.25, -0.2) is 0 Å². The van der Waals surface area contributed by atoms with Crippen LogP contribution in [-0.2, 0) is 14.2 Å². The Morgan fingerprint density at radius 2 is 1.82 bits per heavy atom. The van der Waals surface area contributed by atoms with E-state index in [0.717, 1.165) is 0 Å². The highest BCUT2D eigenvalue weighted by Crippen LogP contribution is 2.56. The molecule has 0 radical (unpaired) electrons. The highest BCUT2D eigenvalue weighted by Gasteiger charge is 2.63. The Balaban J connectivity index is 1.85. The Labute approximate surface area is 164 Å². The number of hydrogen-bond donors (Lipinski definition) is 6. The molecule has 11 atom stereocenters. The summed E-state index contributed by atoms with van der Waals surface area (Å²) in [6.07, 6.45) is -5.54. The van der Waals surface area contributed by atoms with Gasteiger partial charge in [-0.3, -0.25) is 0 Å². The zero-order chi connectivity index (χ0) is 20.9. The van der Waals surface area contributed by atoms with Gasteiger partial charge in [0, 0.05) is 17.8 Å². The Hall–Kier alpha value is -0.620. The molecule has 2 saturated heterocycles. The maximum absolute atomic E-state index is 10.8. The summed E-state index contributed by atoms with van der Waals surface area (Å²) in [6.45, 7) is 5.17. The minimum Gasteiger partial charge on any atom is -0.394 e. The van der Waals surface area contributed by atoms with E-state index in [2.05, 4.69) is 0 Å². The first-order chi connectivity index (χ1) is 13.0. The summed E-state index contributed by atoms with van der Waals surface area (Å²) in [7, 11) is 0. The van der Waals surface area contributed by atoms with E-state index in [1.807, 2.05) is 19.9 Å². The molecule has 9 nitrogen and oxygen atoms in total. The molecule has 0 aromatic heterocycles. The van der Waals surface area contributed by atoms with E-state index in [4.69, 9.17) is 14.2 Å². The molecule has 28 heavy (non-hydrogen) atoms. The zero-order valence-electron chi connectivity index (χ0n) is 16.4. The van der Waals surface area contributed by atoms with Gasteiger partial charge in [-0.1, -0.05) is 19.1 Å². The van der Waals surface area contributed by atoms with Crippen molar-refractivity contribution in [1.29, 1.82) is 0 Å². The number of ether oxygens (including phenoxy) is 3. The first kappa shape index (κ1) is 22.1. The predicted molar refractivity (Wildman–Crippen MR) is 96.0 cm³/mol. The monoisotopic (exact) mass is 404 g/mol. The van der Waals surface area contributed by atoms with Crippen LogP contribution in [0.1, 0.15) is 27.2 Å². The first-order valence-corrected chi connectivity index (χ1v) is 9.68. The molecule has 0 aromatic carbocycles. The van der Waals surface area contributed by atoms with Crippen LogP contribution in [0.15, 0.2) is 12.2 Å². The van der Waals surface area contributed by atoms with Crippen molar-refractivity contribution < 1.29 is 44.8 Å². The Morgan fingerprint density at radius 3 is 2.43 bits per heavy atom. The Bertz CT molecular complexity index is 582. The van der Waals surface area contributed by atoms with Gasteiger partial charge in [-0.2, -0.15) is 0 Å². The summed E-state index contributed by atoms with van der Waals surface area (Å²) in [5.74, 6) is -0.173. The molecule has 2 aliphatic heterocycles. The summed E-state index contributed by atoms with van der Waals surface area (Å²) in [6, 6.07) is 0. The van der Waals surface area contributed by atoms with Gasteiger partial charge >= 0.3 is 0 Å². The summed E-state index contributed by atoms with van der Waals surface area (Å²) in [5, 5.41) is 60.0. The molecule has 0 amide bonds. The van der Waals surface area contributed by atoms with Crippen molar-refractivity contribution >= 4 is 0 Å². The van der Waals surface area contributed by atoms with Crippen LogP contribution >= 0.6 is 0 Å². The normalized spacial score (nSPS) is 52.9. The molecule has 2 bridgehead atoms. The smallest absolute Gasteiger partial charge is 0.187 e. The van der Waals surface area contributed by atoms with E-state index in [0.29, 0.717) is 0 Å². The van der Waals surface area contributed by atoms with E-state index < -0.39 is 66.6 Å². The van der Waals surface area contributed by atoms with Crippen LogP contribution in [0, 0.1) is 11.3 Å². The maximum atomic E-state index is 10.8. The van der Waals surface area contributed by atoms with Crippen LogP contribution in [0.4, 0.5) is 0 Å². The highest BCUT2D eigenvalue weighted by molar-refractivity contribution is 5.18. The van der Waals surface area contributed by atoms with Gasteiger partial charge in [0.2, 0.25) is 0 Å². The van der Waals surface area contributed by atoms with E-state index >= 15 is 0 Å². The van der Waals surface area contributed by atoms with Crippen molar-refractivity contribution in [3.05, 3.63) is 12.2 Å². The number of aliphatic hydroxyl groups is 6. The third kappa shape index (κ3) is 3.64. The molecule has 0 aromatic rings. The molecule has 1 aliphatic carbocycles. The van der Waals surface area contributed by atoms with Crippen molar-refractivity contribution in [2.45, 2.75) is 81.8 Å². The quantitative estimate of drug-likeness (QED) is 0.294. The van der Waals surface area contributed by atoms with Gasteiger partial charge < -0.3 is 44.8 Å². The maximum Gasteiger partial charge on any atom is 0.187 e. The SMILES string of the molecule is CC(O)C=CC1C2(C)CC(O)C(OC3OC(CO)C(O)C(O)C3O)C1(C)CO2.